The Balaban J connectivity index is 0.00000112. The van der Waals surface area contributed by atoms with Crippen LogP contribution in [0.1, 0.15) is 19.8 Å². The average Bonchev–Trinajstić information content (AvgIpc) is 3.00. The highest BCUT2D eigenvalue weighted by molar-refractivity contribution is 5.88. The summed E-state index contributed by atoms with van der Waals surface area (Å²) in [4.78, 5) is 14.0. The molecule has 0 spiro atoms. The third-order valence-electron chi connectivity index (χ3n) is 2.92. The minimum Gasteiger partial charge on any atom is -0.365 e. The highest BCUT2D eigenvalue weighted by Gasteiger charge is 2.52. The second kappa shape index (κ2) is 5.14. The summed E-state index contributed by atoms with van der Waals surface area (Å²) >= 11 is 0. The van der Waals surface area contributed by atoms with Crippen molar-refractivity contribution in [3.8, 4) is 0 Å². The Bertz CT molecular complexity index is 225. The van der Waals surface area contributed by atoms with Crippen molar-refractivity contribution in [2.24, 2.45) is 0 Å². The van der Waals surface area contributed by atoms with Gasteiger partial charge in [-0.3, -0.25) is 4.79 Å². The highest BCUT2D eigenvalue weighted by atomic mass is 35.5. The maximum atomic E-state index is 12.0. The number of nitrogens with zero attached hydrogens (tertiary/aromatic N) is 1. The van der Waals surface area contributed by atoms with Crippen molar-refractivity contribution in [1.82, 2.24) is 10.2 Å². The fourth-order valence-corrected chi connectivity index (χ4v) is 1.97. The van der Waals surface area contributed by atoms with E-state index in [0.717, 1.165) is 39.0 Å². The maximum absolute atomic E-state index is 12.0. The normalized spacial score (nSPS) is 23.1. The van der Waals surface area contributed by atoms with Crippen LogP contribution in [0.25, 0.3) is 0 Å². The Kier molecular flexibility index (Phi) is 4.37. The first-order valence-electron chi connectivity index (χ1n) is 5.42. The molecular weight excluding hydrogens is 216 g/mol. The molecule has 2 aliphatic rings. The molecule has 1 aliphatic heterocycles. The quantitative estimate of drug-likeness (QED) is 0.769. The summed E-state index contributed by atoms with van der Waals surface area (Å²) in [5.41, 5.74) is -0.425. The van der Waals surface area contributed by atoms with E-state index in [1.807, 2.05) is 11.8 Å². The predicted molar refractivity (Wildman–Crippen MR) is 60.3 cm³/mol. The summed E-state index contributed by atoms with van der Waals surface area (Å²) in [7, 11) is 0. The summed E-state index contributed by atoms with van der Waals surface area (Å²) in [5, 5.41) is 3.24. The van der Waals surface area contributed by atoms with E-state index in [9.17, 15) is 4.79 Å². The first-order chi connectivity index (χ1) is 6.78. The molecular formula is C10H19ClN2O2. The van der Waals surface area contributed by atoms with Crippen LogP contribution in [0, 0.1) is 0 Å². The van der Waals surface area contributed by atoms with Gasteiger partial charge >= 0.3 is 0 Å². The van der Waals surface area contributed by atoms with E-state index in [0.29, 0.717) is 6.61 Å². The van der Waals surface area contributed by atoms with E-state index >= 15 is 0 Å². The van der Waals surface area contributed by atoms with E-state index in [4.69, 9.17) is 4.74 Å². The van der Waals surface area contributed by atoms with Gasteiger partial charge < -0.3 is 15.0 Å². The molecule has 2 fully saturated rings. The molecule has 0 radical (unpaired) electrons. The SMILES string of the molecule is CCOC1(C(=O)N2CCNCC2)CC1.Cl. The smallest absolute Gasteiger partial charge is 0.254 e. The first kappa shape index (κ1) is 12.7. The summed E-state index contributed by atoms with van der Waals surface area (Å²) < 4.78 is 5.54. The van der Waals surface area contributed by atoms with Crippen LogP contribution in [-0.4, -0.2) is 49.2 Å². The van der Waals surface area contributed by atoms with E-state index in [2.05, 4.69) is 5.32 Å². The molecule has 4 nitrogen and oxygen atoms in total. The van der Waals surface area contributed by atoms with Gasteiger partial charge in [-0.25, -0.2) is 0 Å². The van der Waals surface area contributed by atoms with Crippen molar-refractivity contribution in [2.75, 3.05) is 32.8 Å². The molecule has 1 amide bonds. The lowest BCUT2D eigenvalue weighted by Crippen LogP contribution is -2.51. The third kappa shape index (κ3) is 2.62. The van der Waals surface area contributed by atoms with Crippen molar-refractivity contribution in [3.05, 3.63) is 0 Å². The van der Waals surface area contributed by atoms with E-state index < -0.39 is 5.60 Å². The van der Waals surface area contributed by atoms with Gasteiger partial charge in [0.05, 0.1) is 0 Å². The number of nitrogens with one attached hydrogen (secondary N) is 1. The molecule has 0 aromatic carbocycles. The fraction of sp³-hybridized carbons (Fsp3) is 0.900. The zero-order chi connectivity index (χ0) is 10.0. The predicted octanol–water partition coefficient (Wildman–Crippen LogP) is 0.409. The van der Waals surface area contributed by atoms with E-state index in [1.165, 1.54) is 0 Å². The Hall–Kier alpha value is -0.320. The van der Waals surface area contributed by atoms with Gasteiger partial charge in [-0.1, -0.05) is 0 Å². The Morgan fingerprint density at radius 3 is 2.47 bits per heavy atom. The summed E-state index contributed by atoms with van der Waals surface area (Å²) in [6.07, 6.45) is 1.81. The zero-order valence-corrected chi connectivity index (χ0v) is 9.94. The number of ether oxygens (including phenoxy) is 1. The van der Waals surface area contributed by atoms with Crippen LogP contribution in [0.4, 0.5) is 0 Å². The molecule has 15 heavy (non-hydrogen) atoms. The van der Waals surface area contributed by atoms with Crippen molar-refractivity contribution >= 4 is 18.3 Å². The standard InChI is InChI=1S/C10H18N2O2.ClH/c1-2-14-10(3-4-10)9(13)12-7-5-11-6-8-12;/h11H,2-8H2,1H3;1H. The minimum atomic E-state index is -0.425. The van der Waals surface area contributed by atoms with Gasteiger partial charge in [-0.2, -0.15) is 0 Å². The monoisotopic (exact) mass is 234 g/mol. The molecule has 1 saturated heterocycles. The van der Waals surface area contributed by atoms with Crippen molar-refractivity contribution in [1.29, 1.82) is 0 Å². The van der Waals surface area contributed by atoms with E-state index in [1.54, 1.807) is 0 Å². The number of halogens is 1. The molecule has 2 rings (SSSR count). The lowest BCUT2D eigenvalue weighted by atomic mass is 10.2. The van der Waals surface area contributed by atoms with Crippen molar-refractivity contribution in [3.63, 3.8) is 0 Å². The van der Waals surface area contributed by atoms with Crippen molar-refractivity contribution in [2.45, 2.75) is 25.4 Å². The Labute approximate surface area is 96.7 Å². The van der Waals surface area contributed by atoms with Gasteiger partial charge in [0.25, 0.3) is 5.91 Å². The highest BCUT2D eigenvalue weighted by Crippen LogP contribution is 2.41. The summed E-state index contributed by atoms with van der Waals surface area (Å²) in [6, 6.07) is 0. The molecule has 1 saturated carbocycles. The second-order valence-corrected chi connectivity index (χ2v) is 3.97. The van der Waals surface area contributed by atoms with Crippen molar-refractivity contribution < 1.29 is 9.53 Å². The van der Waals surface area contributed by atoms with Gasteiger partial charge in [-0.15, -0.1) is 12.4 Å². The van der Waals surface area contributed by atoms with Crippen LogP contribution >= 0.6 is 12.4 Å². The number of hydrogen-bond donors (Lipinski definition) is 1. The number of piperazine rings is 1. The first-order valence-corrected chi connectivity index (χ1v) is 5.42. The lowest BCUT2D eigenvalue weighted by molar-refractivity contribution is -0.147. The van der Waals surface area contributed by atoms with Gasteiger partial charge in [0.1, 0.15) is 5.60 Å². The number of carbonyl (C=O) groups excluding carboxylic acids is 1. The molecule has 0 aromatic rings. The van der Waals surface area contributed by atoms with Crippen LogP contribution in [0.2, 0.25) is 0 Å². The van der Waals surface area contributed by atoms with E-state index in [-0.39, 0.29) is 18.3 Å². The number of amides is 1. The fourth-order valence-electron chi connectivity index (χ4n) is 1.97. The lowest BCUT2D eigenvalue weighted by Gasteiger charge is -2.30. The van der Waals surface area contributed by atoms with Crippen LogP contribution in [0.5, 0.6) is 0 Å². The largest absolute Gasteiger partial charge is 0.365 e. The molecule has 1 aliphatic carbocycles. The Morgan fingerprint density at radius 2 is 2.00 bits per heavy atom. The molecule has 0 bridgehead atoms. The summed E-state index contributed by atoms with van der Waals surface area (Å²) in [6.45, 7) is 6.06. The minimum absolute atomic E-state index is 0. The maximum Gasteiger partial charge on any atom is 0.254 e. The Morgan fingerprint density at radius 1 is 1.40 bits per heavy atom. The third-order valence-corrected chi connectivity index (χ3v) is 2.92. The van der Waals surface area contributed by atoms with Crippen LogP contribution in [0.3, 0.4) is 0 Å². The topological polar surface area (TPSA) is 41.6 Å². The number of rotatable bonds is 3. The van der Waals surface area contributed by atoms with Crippen LogP contribution < -0.4 is 5.32 Å². The van der Waals surface area contributed by atoms with Gasteiger partial charge in [-0.05, 0) is 19.8 Å². The average molecular weight is 235 g/mol. The number of carbonyl (C=O) groups is 1. The van der Waals surface area contributed by atoms with Crippen LogP contribution in [0.15, 0.2) is 0 Å². The van der Waals surface area contributed by atoms with Gasteiger partial charge in [0.2, 0.25) is 0 Å². The zero-order valence-electron chi connectivity index (χ0n) is 9.12. The molecule has 88 valence electrons. The second-order valence-electron chi connectivity index (χ2n) is 3.97. The molecule has 0 unspecified atom stereocenters. The molecule has 0 atom stereocenters. The van der Waals surface area contributed by atoms with Gasteiger partial charge in [0.15, 0.2) is 0 Å². The molecule has 1 N–H and O–H groups in total. The van der Waals surface area contributed by atoms with Gasteiger partial charge in [0, 0.05) is 32.8 Å². The molecule has 0 aromatic heterocycles. The summed E-state index contributed by atoms with van der Waals surface area (Å²) in [5.74, 6) is 0.209. The molecule has 1 heterocycles. The van der Waals surface area contributed by atoms with Crippen LogP contribution in [-0.2, 0) is 9.53 Å². The molecule has 5 heteroatoms. The number of hydrogen-bond acceptors (Lipinski definition) is 3.